The molecule has 0 spiro atoms. The van der Waals surface area contributed by atoms with Crippen LogP contribution >= 0.6 is 0 Å². The number of ketones is 1. The quantitative estimate of drug-likeness (QED) is 0.635. The first-order valence-corrected chi connectivity index (χ1v) is 5.25. The summed E-state index contributed by atoms with van der Waals surface area (Å²) in [4.78, 5) is 12.2. The van der Waals surface area contributed by atoms with Gasteiger partial charge in [0.25, 0.3) is 0 Å². The number of carbonyl (C=O) groups excluding carboxylic acids is 1. The molecule has 0 heterocycles. The molecular formula is C14H12FNO. The van der Waals surface area contributed by atoms with E-state index in [1.165, 1.54) is 18.2 Å². The van der Waals surface area contributed by atoms with E-state index >= 15 is 0 Å². The van der Waals surface area contributed by atoms with Crippen LogP contribution in [0.3, 0.4) is 0 Å². The molecule has 2 aromatic carbocycles. The molecule has 0 unspecified atom stereocenters. The van der Waals surface area contributed by atoms with Crippen molar-refractivity contribution in [2.75, 3.05) is 5.73 Å². The van der Waals surface area contributed by atoms with Gasteiger partial charge in [-0.15, -0.1) is 0 Å². The first-order chi connectivity index (χ1) is 8.09. The molecule has 0 aliphatic carbocycles. The van der Waals surface area contributed by atoms with Crippen LogP contribution in [0.15, 0.2) is 42.5 Å². The largest absolute Gasteiger partial charge is 0.398 e. The summed E-state index contributed by atoms with van der Waals surface area (Å²) in [6, 6.07) is 11.0. The normalized spacial score (nSPS) is 10.2. The third kappa shape index (κ3) is 2.18. The number of halogens is 1. The summed E-state index contributed by atoms with van der Waals surface area (Å²) in [6.07, 6.45) is 0. The lowest BCUT2D eigenvalue weighted by molar-refractivity contribution is 0.103. The number of anilines is 1. The van der Waals surface area contributed by atoms with Crippen molar-refractivity contribution < 1.29 is 9.18 Å². The van der Waals surface area contributed by atoms with Crippen LogP contribution in [-0.4, -0.2) is 5.78 Å². The molecule has 2 nitrogen and oxygen atoms in total. The smallest absolute Gasteiger partial charge is 0.195 e. The van der Waals surface area contributed by atoms with E-state index in [1.54, 1.807) is 31.2 Å². The van der Waals surface area contributed by atoms with Crippen LogP contribution in [0.25, 0.3) is 0 Å². The van der Waals surface area contributed by atoms with Gasteiger partial charge in [-0.25, -0.2) is 4.39 Å². The Morgan fingerprint density at radius 3 is 2.47 bits per heavy atom. The Morgan fingerprint density at radius 1 is 1.12 bits per heavy atom. The fourth-order valence-corrected chi connectivity index (χ4v) is 1.73. The summed E-state index contributed by atoms with van der Waals surface area (Å²) >= 11 is 0. The van der Waals surface area contributed by atoms with E-state index < -0.39 is 0 Å². The van der Waals surface area contributed by atoms with Crippen molar-refractivity contribution in [3.63, 3.8) is 0 Å². The zero-order chi connectivity index (χ0) is 12.4. The molecule has 2 rings (SSSR count). The van der Waals surface area contributed by atoms with Gasteiger partial charge in [0.1, 0.15) is 5.82 Å². The van der Waals surface area contributed by atoms with Gasteiger partial charge in [-0.3, -0.25) is 4.79 Å². The zero-order valence-electron chi connectivity index (χ0n) is 9.41. The molecule has 0 saturated heterocycles. The SMILES string of the molecule is Cc1cc(F)ccc1C(=O)c1ccccc1N. The summed E-state index contributed by atoms with van der Waals surface area (Å²) in [5.41, 5.74) is 7.71. The predicted octanol–water partition coefficient (Wildman–Crippen LogP) is 2.95. The lowest BCUT2D eigenvalue weighted by atomic mass is 9.98. The van der Waals surface area contributed by atoms with E-state index in [0.29, 0.717) is 22.4 Å². The number of hydrogen-bond acceptors (Lipinski definition) is 2. The molecule has 0 aromatic heterocycles. The van der Waals surface area contributed by atoms with Gasteiger partial charge in [0.05, 0.1) is 0 Å². The third-order valence-electron chi connectivity index (χ3n) is 2.64. The zero-order valence-corrected chi connectivity index (χ0v) is 9.41. The number of nitrogen functional groups attached to an aromatic ring is 1. The number of para-hydroxylation sites is 1. The fraction of sp³-hybridized carbons (Fsp3) is 0.0714. The highest BCUT2D eigenvalue weighted by Gasteiger charge is 2.14. The van der Waals surface area contributed by atoms with Gasteiger partial charge in [-0.2, -0.15) is 0 Å². The Hall–Kier alpha value is -2.16. The van der Waals surface area contributed by atoms with Crippen LogP contribution in [-0.2, 0) is 0 Å². The average molecular weight is 229 g/mol. The van der Waals surface area contributed by atoms with Crippen LogP contribution in [0.4, 0.5) is 10.1 Å². The Kier molecular flexibility index (Phi) is 2.91. The van der Waals surface area contributed by atoms with Gasteiger partial charge in [0, 0.05) is 16.8 Å². The Balaban J connectivity index is 2.48. The molecule has 0 aliphatic rings. The lowest BCUT2D eigenvalue weighted by Gasteiger charge is -2.07. The van der Waals surface area contributed by atoms with Crippen molar-refractivity contribution in [1.29, 1.82) is 0 Å². The van der Waals surface area contributed by atoms with Gasteiger partial charge in [0.15, 0.2) is 5.78 Å². The van der Waals surface area contributed by atoms with E-state index in [1.807, 2.05) is 0 Å². The van der Waals surface area contributed by atoms with Crippen LogP contribution in [0.5, 0.6) is 0 Å². The molecule has 2 aromatic rings. The maximum Gasteiger partial charge on any atom is 0.195 e. The summed E-state index contributed by atoms with van der Waals surface area (Å²) in [7, 11) is 0. The number of aryl methyl sites for hydroxylation is 1. The third-order valence-corrected chi connectivity index (χ3v) is 2.64. The van der Waals surface area contributed by atoms with Crippen LogP contribution in [0.2, 0.25) is 0 Å². The van der Waals surface area contributed by atoms with Crippen LogP contribution in [0, 0.1) is 12.7 Å². The number of nitrogens with two attached hydrogens (primary N) is 1. The predicted molar refractivity (Wildman–Crippen MR) is 65.4 cm³/mol. The molecular weight excluding hydrogens is 217 g/mol. The number of hydrogen-bond donors (Lipinski definition) is 1. The van der Waals surface area contributed by atoms with Crippen molar-refractivity contribution in [3.05, 3.63) is 65.0 Å². The highest BCUT2D eigenvalue weighted by Crippen LogP contribution is 2.19. The van der Waals surface area contributed by atoms with Crippen LogP contribution < -0.4 is 5.73 Å². The van der Waals surface area contributed by atoms with Gasteiger partial charge in [0.2, 0.25) is 0 Å². The second-order valence-corrected chi connectivity index (χ2v) is 3.88. The standard InChI is InChI=1S/C14H12FNO/c1-9-8-10(15)6-7-11(9)14(17)12-4-2-3-5-13(12)16/h2-8H,16H2,1H3. The number of rotatable bonds is 2. The molecule has 3 heteroatoms. The van der Waals surface area contributed by atoms with Crippen molar-refractivity contribution in [3.8, 4) is 0 Å². The van der Waals surface area contributed by atoms with Gasteiger partial charge < -0.3 is 5.73 Å². The van der Waals surface area contributed by atoms with E-state index in [4.69, 9.17) is 5.73 Å². The molecule has 0 saturated carbocycles. The van der Waals surface area contributed by atoms with Gasteiger partial charge >= 0.3 is 0 Å². The first-order valence-electron chi connectivity index (χ1n) is 5.25. The Morgan fingerprint density at radius 2 is 1.82 bits per heavy atom. The van der Waals surface area contributed by atoms with Crippen molar-refractivity contribution >= 4 is 11.5 Å². The molecule has 17 heavy (non-hydrogen) atoms. The van der Waals surface area contributed by atoms with Crippen molar-refractivity contribution in [2.45, 2.75) is 6.92 Å². The molecule has 86 valence electrons. The maximum absolute atomic E-state index is 13.0. The minimum atomic E-state index is -0.347. The van der Waals surface area contributed by atoms with Crippen LogP contribution in [0.1, 0.15) is 21.5 Å². The maximum atomic E-state index is 13.0. The summed E-state index contributed by atoms with van der Waals surface area (Å²) in [5, 5.41) is 0. The molecule has 0 amide bonds. The molecule has 0 radical (unpaired) electrons. The molecule has 0 bridgehead atoms. The molecule has 2 N–H and O–H groups in total. The number of carbonyl (C=O) groups is 1. The average Bonchev–Trinajstić information content (AvgIpc) is 2.29. The summed E-state index contributed by atoms with van der Waals surface area (Å²) < 4.78 is 13.0. The molecule has 0 aliphatic heterocycles. The van der Waals surface area contributed by atoms with Crippen molar-refractivity contribution in [2.24, 2.45) is 0 Å². The Labute approximate surface area is 98.9 Å². The molecule has 0 fully saturated rings. The Bertz CT molecular complexity index is 578. The minimum absolute atomic E-state index is 0.180. The number of benzene rings is 2. The summed E-state index contributed by atoms with van der Waals surface area (Å²) in [5.74, 6) is -0.527. The highest BCUT2D eigenvalue weighted by molar-refractivity contribution is 6.12. The van der Waals surface area contributed by atoms with E-state index in [-0.39, 0.29) is 11.6 Å². The monoisotopic (exact) mass is 229 g/mol. The second-order valence-electron chi connectivity index (χ2n) is 3.88. The van der Waals surface area contributed by atoms with E-state index in [9.17, 15) is 9.18 Å². The fourth-order valence-electron chi connectivity index (χ4n) is 1.73. The van der Waals surface area contributed by atoms with E-state index in [2.05, 4.69) is 0 Å². The topological polar surface area (TPSA) is 43.1 Å². The van der Waals surface area contributed by atoms with Gasteiger partial charge in [-0.05, 0) is 42.8 Å². The first kappa shape index (κ1) is 11.3. The minimum Gasteiger partial charge on any atom is -0.398 e. The van der Waals surface area contributed by atoms with Gasteiger partial charge in [-0.1, -0.05) is 12.1 Å². The molecule has 0 atom stereocenters. The second kappa shape index (κ2) is 4.37. The lowest BCUT2D eigenvalue weighted by Crippen LogP contribution is -2.07. The highest BCUT2D eigenvalue weighted by atomic mass is 19.1. The summed E-state index contributed by atoms with van der Waals surface area (Å²) in [6.45, 7) is 1.70. The van der Waals surface area contributed by atoms with E-state index in [0.717, 1.165) is 0 Å². The van der Waals surface area contributed by atoms with Crippen molar-refractivity contribution in [1.82, 2.24) is 0 Å².